The number of methoxy groups -OCH3 is 2. The predicted molar refractivity (Wildman–Crippen MR) is 102 cm³/mol. The Kier molecular flexibility index (Phi) is 6.08. The van der Waals surface area contributed by atoms with E-state index >= 15 is 0 Å². The van der Waals surface area contributed by atoms with Crippen molar-refractivity contribution in [2.24, 2.45) is 0 Å². The topological polar surface area (TPSA) is 83.4 Å². The molecule has 140 valence electrons. The van der Waals surface area contributed by atoms with E-state index in [1.165, 1.54) is 20.4 Å². The Labute approximate surface area is 161 Å². The fraction of sp³-hybridized carbons (Fsp3) is 0.263. The molecular formula is C19H19N3O4S. The lowest BCUT2D eigenvalue weighted by molar-refractivity contribution is 0.0525. The molecule has 0 radical (unpaired) electrons. The summed E-state index contributed by atoms with van der Waals surface area (Å²) in [6, 6.07) is 9.38. The Hall–Kier alpha value is -2.87. The molecule has 0 amide bonds. The average Bonchev–Trinajstić information content (AvgIpc) is 2.71. The SMILES string of the molecule is CCOC(=O)c1ccc(SCc2ccc3nc(OC)c(OC)nc3c2)nc1. The molecule has 0 saturated carbocycles. The highest BCUT2D eigenvalue weighted by molar-refractivity contribution is 7.98. The highest BCUT2D eigenvalue weighted by Gasteiger charge is 2.11. The molecule has 27 heavy (non-hydrogen) atoms. The molecule has 2 heterocycles. The zero-order valence-electron chi connectivity index (χ0n) is 15.3. The highest BCUT2D eigenvalue weighted by Crippen LogP contribution is 2.27. The van der Waals surface area contributed by atoms with Gasteiger partial charge in [0.1, 0.15) is 0 Å². The molecule has 8 heteroatoms. The van der Waals surface area contributed by atoms with Crippen LogP contribution in [-0.2, 0) is 10.5 Å². The molecule has 0 atom stereocenters. The molecular weight excluding hydrogens is 366 g/mol. The first kappa shape index (κ1) is 18.9. The molecule has 3 rings (SSSR count). The van der Waals surface area contributed by atoms with E-state index in [0.717, 1.165) is 21.6 Å². The van der Waals surface area contributed by atoms with Gasteiger partial charge in [-0.3, -0.25) is 0 Å². The fourth-order valence-electron chi connectivity index (χ4n) is 2.38. The summed E-state index contributed by atoms with van der Waals surface area (Å²) in [5, 5.41) is 0.821. The Bertz CT molecular complexity index is 948. The molecule has 3 aromatic rings. The van der Waals surface area contributed by atoms with Crippen molar-refractivity contribution < 1.29 is 19.0 Å². The normalized spacial score (nSPS) is 10.6. The van der Waals surface area contributed by atoms with Gasteiger partial charge in [-0.15, -0.1) is 11.8 Å². The minimum Gasteiger partial charge on any atom is -0.477 e. The van der Waals surface area contributed by atoms with Gasteiger partial charge in [-0.2, -0.15) is 0 Å². The van der Waals surface area contributed by atoms with Gasteiger partial charge in [0.15, 0.2) is 0 Å². The third-order valence-corrected chi connectivity index (χ3v) is 4.70. The number of carbonyl (C=O) groups excluding carboxylic acids is 1. The summed E-state index contributed by atoms with van der Waals surface area (Å²) in [5.41, 5.74) is 2.99. The maximum absolute atomic E-state index is 11.7. The minimum atomic E-state index is -0.362. The first-order chi connectivity index (χ1) is 13.1. The second-order valence-corrected chi connectivity index (χ2v) is 6.46. The molecule has 0 unspecified atom stereocenters. The van der Waals surface area contributed by atoms with Crippen LogP contribution in [0.15, 0.2) is 41.6 Å². The van der Waals surface area contributed by atoms with Crippen LogP contribution in [0.4, 0.5) is 0 Å². The number of benzene rings is 1. The van der Waals surface area contributed by atoms with E-state index in [0.29, 0.717) is 29.7 Å². The summed E-state index contributed by atoms with van der Waals surface area (Å²) in [5.74, 6) is 1.06. The molecule has 0 saturated heterocycles. The number of fused-ring (bicyclic) bond motifs is 1. The number of carbonyl (C=O) groups is 1. The van der Waals surface area contributed by atoms with Gasteiger partial charge in [0.2, 0.25) is 0 Å². The molecule has 0 fully saturated rings. The zero-order chi connectivity index (χ0) is 19.2. The summed E-state index contributed by atoms with van der Waals surface area (Å²) in [7, 11) is 3.06. The van der Waals surface area contributed by atoms with Gasteiger partial charge < -0.3 is 14.2 Å². The van der Waals surface area contributed by atoms with Crippen LogP contribution in [-0.4, -0.2) is 41.7 Å². The Morgan fingerprint density at radius 2 is 1.78 bits per heavy atom. The summed E-state index contributed by atoms with van der Waals surface area (Å²) in [6.45, 7) is 2.12. The quantitative estimate of drug-likeness (QED) is 0.451. The first-order valence-electron chi connectivity index (χ1n) is 8.29. The van der Waals surface area contributed by atoms with Gasteiger partial charge >= 0.3 is 5.97 Å². The number of esters is 1. The number of thioether (sulfide) groups is 1. The maximum Gasteiger partial charge on any atom is 0.339 e. The summed E-state index contributed by atoms with van der Waals surface area (Å²) in [4.78, 5) is 24.8. The monoisotopic (exact) mass is 385 g/mol. The van der Waals surface area contributed by atoms with Gasteiger partial charge in [-0.25, -0.2) is 19.7 Å². The van der Waals surface area contributed by atoms with Gasteiger partial charge in [0.05, 0.1) is 42.4 Å². The Balaban J connectivity index is 1.72. The van der Waals surface area contributed by atoms with E-state index in [9.17, 15) is 4.79 Å². The fourth-order valence-corrected chi connectivity index (χ4v) is 3.17. The zero-order valence-corrected chi connectivity index (χ0v) is 16.1. The third kappa shape index (κ3) is 4.46. The molecule has 0 bridgehead atoms. The maximum atomic E-state index is 11.7. The standard InChI is InChI=1S/C19H19N3O4S/c1-4-26-19(23)13-6-8-16(20-10-13)27-11-12-5-7-14-15(9-12)22-18(25-3)17(21-14)24-2/h5-10H,4,11H2,1-3H3. The van der Waals surface area contributed by atoms with E-state index in [-0.39, 0.29) is 5.97 Å². The predicted octanol–water partition coefficient (Wildman–Crippen LogP) is 3.51. The summed E-state index contributed by atoms with van der Waals surface area (Å²) < 4.78 is 15.3. The van der Waals surface area contributed by atoms with Crippen molar-refractivity contribution in [3.05, 3.63) is 47.7 Å². The van der Waals surface area contributed by atoms with E-state index in [4.69, 9.17) is 14.2 Å². The largest absolute Gasteiger partial charge is 0.477 e. The molecule has 0 spiro atoms. The van der Waals surface area contributed by atoms with Crippen molar-refractivity contribution >= 4 is 28.8 Å². The summed E-state index contributed by atoms with van der Waals surface area (Å²) in [6.07, 6.45) is 1.53. The number of aromatic nitrogens is 3. The number of ether oxygens (including phenoxy) is 3. The van der Waals surface area contributed by atoms with Crippen molar-refractivity contribution in [3.8, 4) is 11.8 Å². The van der Waals surface area contributed by atoms with Crippen LogP contribution in [0.1, 0.15) is 22.8 Å². The van der Waals surface area contributed by atoms with Crippen molar-refractivity contribution in [2.75, 3.05) is 20.8 Å². The minimum absolute atomic E-state index is 0.344. The molecule has 1 aromatic carbocycles. The Morgan fingerprint density at radius 1 is 1.04 bits per heavy atom. The average molecular weight is 385 g/mol. The molecule has 2 aromatic heterocycles. The van der Waals surface area contributed by atoms with Crippen LogP contribution >= 0.6 is 11.8 Å². The molecule has 0 aliphatic rings. The van der Waals surface area contributed by atoms with Gasteiger partial charge in [-0.05, 0) is 36.8 Å². The second-order valence-electron chi connectivity index (χ2n) is 5.46. The van der Waals surface area contributed by atoms with E-state index in [2.05, 4.69) is 15.0 Å². The van der Waals surface area contributed by atoms with Crippen molar-refractivity contribution in [1.82, 2.24) is 15.0 Å². The van der Waals surface area contributed by atoms with Crippen molar-refractivity contribution in [3.63, 3.8) is 0 Å². The lowest BCUT2D eigenvalue weighted by atomic mass is 10.2. The smallest absolute Gasteiger partial charge is 0.339 e. The highest BCUT2D eigenvalue weighted by atomic mass is 32.2. The second kappa shape index (κ2) is 8.68. The van der Waals surface area contributed by atoms with E-state index in [1.807, 2.05) is 24.3 Å². The van der Waals surface area contributed by atoms with E-state index in [1.54, 1.807) is 24.8 Å². The van der Waals surface area contributed by atoms with Gasteiger partial charge in [-0.1, -0.05) is 6.07 Å². The van der Waals surface area contributed by atoms with Crippen LogP contribution in [0.3, 0.4) is 0 Å². The molecule has 0 N–H and O–H groups in total. The molecule has 0 aliphatic heterocycles. The van der Waals surface area contributed by atoms with Crippen LogP contribution in [0.25, 0.3) is 11.0 Å². The van der Waals surface area contributed by atoms with E-state index < -0.39 is 0 Å². The van der Waals surface area contributed by atoms with Crippen LogP contribution in [0.2, 0.25) is 0 Å². The number of rotatable bonds is 7. The number of pyridine rings is 1. The number of nitrogens with zero attached hydrogens (tertiary/aromatic N) is 3. The van der Waals surface area contributed by atoms with Crippen LogP contribution in [0.5, 0.6) is 11.8 Å². The number of hydrogen-bond donors (Lipinski definition) is 0. The van der Waals surface area contributed by atoms with Crippen molar-refractivity contribution in [2.45, 2.75) is 17.7 Å². The van der Waals surface area contributed by atoms with Crippen molar-refractivity contribution in [1.29, 1.82) is 0 Å². The number of hydrogen-bond acceptors (Lipinski definition) is 8. The third-order valence-electron chi connectivity index (χ3n) is 3.69. The van der Waals surface area contributed by atoms with Crippen LogP contribution in [0, 0.1) is 0 Å². The molecule has 7 nitrogen and oxygen atoms in total. The Morgan fingerprint density at radius 3 is 2.41 bits per heavy atom. The van der Waals surface area contributed by atoms with Crippen LogP contribution < -0.4 is 9.47 Å². The lowest BCUT2D eigenvalue weighted by Gasteiger charge is -2.08. The van der Waals surface area contributed by atoms with Gasteiger partial charge in [0.25, 0.3) is 11.8 Å². The van der Waals surface area contributed by atoms with Gasteiger partial charge in [0, 0.05) is 11.9 Å². The summed E-state index contributed by atoms with van der Waals surface area (Å²) >= 11 is 1.57. The first-order valence-corrected chi connectivity index (χ1v) is 9.27. The molecule has 0 aliphatic carbocycles. The lowest BCUT2D eigenvalue weighted by Crippen LogP contribution is -2.04.